The molecule has 1 heterocycles. The average Bonchev–Trinajstić information content (AvgIpc) is 2.92. The van der Waals surface area contributed by atoms with Gasteiger partial charge in [0, 0.05) is 11.6 Å². The van der Waals surface area contributed by atoms with Gasteiger partial charge in [-0.15, -0.1) is 0 Å². The van der Waals surface area contributed by atoms with E-state index in [0.717, 1.165) is 33.0 Å². The van der Waals surface area contributed by atoms with Crippen LogP contribution in [0, 0.1) is 0 Å². The van der Waals surface area contributed by atoms with Crippen molar-refractivity contribution in [2.75, 3.05) is 19.2 Å². The summed E-state index contributed by atoms with van der Waals surface area (Å²) in [6.07, 6.45) is 0. The second-order valence-corrected chi connectivity index (χ2v) is 5.80. The van der Waals surface area contributed by atoms with E-state index in [0.29, 0.717) is 11.6 Å². The highest BCUT2D eigenvalue weighted by atomic mass is 79.9. The summed E-state index contributed by atoms with van der Waals surface area (Å²) in [7, 11) is 1.62. The predicted octanol–water partition coefficient (Wildman–Crippen LogP) is 4.45. The first-order chi connectivity index (χ1) is 10.2. The van der Waals surface area contributed by atoms with E-state index < -0.39 is 0 Å². The van der Waals surface area contributed by atoms with Gasteiger partial charge in [0.15, 0.2) is 17.2 Å². The van der Waals surface area contributed by atoms with Crippen molar-refractivity contribution in [2.45, 2.75) is 6.54 Å². The summed E-state index contributed by atoms with van der Waals surface area (Å²) in [5, 5.41) is 3.95. The third-order valence-corrected chi connectivity index (χ3v) is 3.94. The number of hydrogen-bond donors (Lipinski definition) is 1. The first kappa shape index (κ1) is 14.4. The van der Waals surface area contributed by atoms with Crippen LogP contribution in [0.2, 0.25) is 5.02 Å². The summed E-state index contributed by atoms with van der Waals surface area (Å²) in [6.45, 7) is 0.904. The maximum absolute atomic E-state index is 6.08. The lowest BCUT2D eigenvalue weighted by molar-refractivity contribution is 0.174. The standard InChI is InChI=1S/C15H13BrClNO3/c1-19-15-11(16)5-10(17)6-12(15)18-7-9-2-3-13-14(4-9)21-8-20-13/h2-6,18H,7-8H2,1H3. The lowest BCUT2D eigenvalue weighted by atomic mass is 10.2. The summed E-state index contributed by atoms with van der Waals surface area (Å²) in [5.74, 6) is 2.27. The zero-order valence-electron chi connectivity index (χ0n) is 11.3. The van der Waals surface area contributed by atoms with Crippen LogP contribution in [0.15, 0.2) is 34.8 Å². The maximum atomic E-state index is 6.08. The van der Waals surface area contributed by atoms with Crippen molar-refractivity contribution in [3.05, 3.63) is 45.4 Å². The monoisotopic (exact) mass is 369 g/mol. The number of ether oxygens (including phenoxy) is 3. The minimum Gasteiger partial charge on any atom is -0.493 e. The van der Waals surface area contributed by atoms with Crippen LogP contribution in [0.5, 0.6) is 17.2 Å². The van der Waals surface area contributed by atoms with E-state index in [-0.39, 0.29) is 6.79 Å². The van der Waals surface area contributed by atoms with Gasteiger partial charge in [0.1, 0.15) is 0 Å². The molecule has 6 heteroatoms. The van der Waals surface area contributed by atoms with Gasteiger partial charge in [-0.3, -0.25) is 0 Å². The van der Waals surface area contributed by atoms with Gasteiger partial charge in [0.05, 0.1) is 17.3 Å². The summed E-state index contributed by atoms with van der Waals surface area (Å²) in [5.41, 5.74) is 1.91. The van der Waals surface area contributed by atoms with Crippen molar-refractivity contribution in [1.82, 2.24) is 0 Å². The molecule has 0 atom stereocenters. The Morgan fingerprint density at radius 1 is 1.24 bits per heavy atom. The number of rotatable bonds is 4. The first-order valence-corrected chi connectivity index (χ1v) is 7.50. The molecule has 1 aliphatic heterocycles. The second kappa shape index (κ2) is 6.03. The SMILES string of the molecule is COc1c(Br)cc(Cl)cc1NCc1ccc2c(c1)OCO2. The Hall–Kier alpha value is -1.59. The maximum Gasteiger partial charge on any atom is 0.231 e. The van der Waals surface area contributed by atoms with Gasteiger partial charge in [-0.1, -0.05) is 17.7 Å². The molecule has 21 heavy (non-hydrogen) atoms. The van der Waals surface area contributed by atoms with Gasteiger partial charge < -0.3 is 19.5 Å². The van der Waals surface area contributed by atoms with Gasteiger partial charge in [-0.25, -0.2) is 0 Å². The highest BCUT2D eigenvalue weighted by Gasteiger charge is 2.14. The topological polar surface area (TPSA) is 39.7 Å². The van der Waals surface area contributed by atoms with E-state index in [4.69, 9.17) is 25.8 Å². The third kappa shape index (κ3) is 3.04. The van der Waals surface area contributed by atoms with Crippen LogP contribution in [-0.2, 0) is 6.54 Å². The number of nitrogens with one attached hydrogen (secondary N) is 1. The van der Waals surface area contributed by atoms with Crippen molar-refractivity contribution in [2.24, 2.45) is 0 Å². The zero-order chi connectivity index (χ0) is 14.8. The Balaban J connectivity index is 1.79. The molecule has 2 aromatic carbocycles. The lowest BCUT2D eigenvalue weighted by Crippen LogP contribution is -2.02. The van der Waals surface area contributed by atoms with E-state index >= 15 is 0 Å². The van der Waals surface area contributed by atoms with E-state index in [1.165, 1.54) is 0 Å². The average molecular weight is 371 g/mol. The Morgan fingerprint density at radius 3 is 2.86 bits per heavy atom. The minimum absolute atomic E-state index is 0.279. The van der Waals surface area contributed by atoms with E-state index in [2.05, 4.69) is 21.2 Å². The first-order valence-electron chi connectivity index (χ1n) is 6.33. The van der Waals surface area contributed by atoms with E-state index in [9.17, 15) is 0 Å². The van der Waals surface area contributed by atoms with Gasteiger partial charge >= 0.3 is 0 Å². The molecule has 110 valence electrons. The van der Waals surface area contributed by atoms with Crippen LogP contribution in [0.3, 0.4) is 0 Å². The highest BCUT2D eigenvalue weighted by Crippen LogP contribution is 2.37. The minimum atomic E-state index is 0.279. The molecule has 0 bridgehead atoms. The number of hydrogen-bond acceptors (Lipinski definition) is 4. The fourth-order valence-electron chi connectivity index (χ4n) is 2.15. The molecule has 0 saturated heterocycles. The van der Waals surface area contributed by atoms with Crippen molar-refractivity contribution in [3.8, 4) is 17.2 Å². The van der Waals surface area contributed by atoms with E-state index in [1.54, 1.807) is 13.2 Å². The molecule has 0 unspecified atom stereocenters. The molecular formula is C15H13BrClNO3. The fourth-order valence-corrected chi connectivity index (χ4v) is 3.12. The van der Waals surface area contributed by atoms with Crippen LogP contribution < -0.4 is 19.5 Å². The van der Waals surface area contributed by atoms with Gasteiger partial charge in [-0.2, -0.15) is 0 Å². The predicted molar refractivity (Wildman–Crippen MR) is 85.6 cm³/mol. The molecule has 2 aromatic rings. The summed E-state index contributed by atoms with van der Waals surface area (Å²) in [6, 6.07) is 9.49. The Kier molecular flexibility index (Phi) is 4.12. The molecular weight excluding hydrogens is 358 g/mol. The van der Waals surface area contributed by atoms with Crippen molar-refractivity contribution in [1.29, 1.82) is 0 Å². The lowest BCUT2D eigenvalue weighted by Gasteiger charge is -2.13. The molecule has 0 saturated carbocycles. The Bertz CT molecular complexity index is 678. The molecule has 0 fully saturated rings. The van der Waals surface area contributed by atoms with Crippen molar-refractivity contribution >= 4 is 33.2 Å². The number of halogens is 2. The Labute approximate surface area is 136 Å². The number of anilines is 1. The molecule has 0 spiro atoms. The van der Waals surface area contributed by atoms with E-state index in [1.807, 2.05) is 24.3 Å². The quantitative estimate of drug-likeness (QED) is 0.863. The number of benzene rings is 2. The molecule has 0 aliphatic carbocycles. The fraction of sp³-hybridized carbons (Fsp3) is 0.200. The zero-order valence-corrected chi connectivity index (χ0v) is 13.6. The van der Waals surface area contributed by atoms with Crippen molar-refractivity contribution in [3.63, 3.8) is 0 Å². The molecule has 0 aromatic heterocycles. The van der Waals surface area contributed by atoms with Crippen LogP contribution in [0.4, 0.5) is 5.69 Å². The third-order valence-electron chi connectivity index (χ3n) is 3.13. The second-order valence-electron chi connectivity index (χ2n) is 4.51. The van der Waals surface area contributed by atoms with Crippen LogP contribution in [0.25, 0.3) is 0 Å². The van der Waals surface area contributed by atoms with Gasteiger partial charge in [0.25, 0.3) is 0 Å². The number of fused-ring (bicyclic) bond motifs is 1. The number of methoxy groups -OCH3 is 1. The van der Waals surface area contributed by atoms with Crippen LogP contribution in [-0.4, -0.2) is 13.9 Å². The summed E-state index contributed by atoms with van der Waals surface area (Å²) < 4.78 is 16.9. The van der Waals surface area contributed by atoms with Gasteiger partial charge in [0.2, 0.25) is 6.79 Å². The molecule has 1 aliphatic rings. The summed E-state index contributed by atoms with van der Waals surface area (Å²) in [4.78, 5) is 0. The smallest absolute Gasteiger partial charge is 0.231 e. The molecule has 0 amide bonds. The largest absolute Gasteiger partial charge is 0.493 e. The summed E-state index contributed by atoms with van der Waals surface area (Å²) >= 11 is 9.51. The molecule has 1 N–H and O–H groups in total. The normalized spacial score (nSPS) is 12.3. The molecule has 4 nitrogen and oxygen atoms in total. The Morgan fingerprint density at radius 2 is 2.05 bits per heavy atom. The molecule has 3 rings (SSSR count). The molecule has 0 radical (unpaired) electrons. The highest BCUT2D eigenvalue weighted by molar-refractivity contribution is 9.10. The van der Waals surface area contributed by atoms with Gasteiger partial charge in [-0.05, 0) is 45.8 Å². The van der Waals surface area contributed by atoms with Crippen LogP contribution in [0.1, 0.15) is 5.56 Å². The van der Waals surface area contributed by atoms with Crippen LogP contribution >= 0.6 is 27.5 Å². The van der Waals surface area contributed by atoms with Crippen molar-refractivity contribution < 1.29 is 14.2 Å².